The van der Waals surface area contributed by atoms with Crippen molar-refractivity contribution >= 4 is 23.4 Å². The molecule has 0 N–H and O–H groups in total. The van der Waals surface area contributed by atoms with Gasteiger partial charge >= 0.3 is 0 Å². The average molecular weight is 304 g/mol. The lowest BCUT2D eigenvalue weighted by Gasteiger charge is -2.02. The first kappa shape index (κ1) is 13.5. The molecular weight excluding hydrogens is 294 g/mol. The number of hydrogen-bond acceptors (Lipinski definition) is 4. The highest BCUT2D eigenvalue weighted by Gasteiger charge is 2.20. The van der Waals surface area contributed by atoms with Gasteiger partial charge in [0.2, 0.25) is 6.79 Å². The maximum Gasteiger partial charge on any atom is 0.277 e. The quantitative estimate of drug-likeness (QED) is 0.491. The van der Waals surface area contributed by atoms with Crippen LogP contribution in [0.3, 0.4) is 0 Å². The Morgan fingerprint density at radius 2 is 2.00 bits per heavy atom. The SMILES string of the molecule is O=[N+]([O-])C(=Cc1cc(Cl)c2c(c1)OCO2)c1ccccc1. The lowest BCUT2D eigenvalue weighted by Crippen LogP contribution is -1.97. The van der Waals surface area contributed by atoms with Crippen molar-refractivity contribution in [2.75, 3.05) is 6.79 Å². The maximum absolute atomic E-state index is 11.3. The third kappa shape index (κ3) is 2.68. The molecule has 0 atom stereocenters. The van der Waals surface area contributed by atoms with Gasteiger partial charge in [-0.3, -0.25) is 10.1 Å². The largest absolute Gasteiger partial charge is 0.454 e. The number of halogens is 1. The third-order valence-electron chi connectivity index (χ3n) is 3.02. The van der Waals surface area contributed by atoms with E-state index in [0.29, 0.717) is 27.6 Å². The van der Waals surface area contributed by atoms with E-state index in [9.17, 15) is 10.1 Å². The Balaban J connectivity index is 2.07. The van der Waals surface area contributed by atoms with E-state index in [4.69, 9.17) is 21.1 Å². The van der Waals surface area contributed by atoms with Gasteiger partial charge in [-0.05, 0) is 29.8 Å². The molecule has 0 saturated carbocycles. The van der Waals surface area contributed by atoms with Gasteiger partial charge in [0, 0.05) is 6.08 Å². The number of hydrogen-bond donors (Lipinski definition) is 0. The zero-order chi connectivity index (χ0) is 14.8. The van der Waals surface area contributed by atoms with E-state index in [1.807, 2.05) is 0 Å². The van der Waals surface area contributed by atoms with E-state index in [1.165, 1.54) is 6.08 Å². The fourth-order valence-corrected chi connectivity index (χ4v) is 2.35. The van der Waals surface area contributed by atoms with Crippen molar-refractivity contribution < 1.29 is 14.4 Å². The third-order valence-corrected chi connectivity index (χ3v) is 3.30. The van der Waals surface area contributed by atoms with E-state index in [1.54, 1.807) is 42.5 Å². The molecule has 0 amide bonds. The predicted octanol–water partition coefficient (Wildman–Crippen LogP) is 3.84. The molecular formula is C15H10ClNO4. The molecule has 0 radical (unpaired) electrons. The van der Waals surface area contributed by atoms with E-state index in [2.05, 4.69) is 0 Å². The summed E-state index contributed by atoms with van der Waals surface area (Å²) in [5.41, 5.74) is 1.10. The smallest absolute Gasteiger partial charge is 0.277 e. The lowest BCUT2D eigenvalue weighted by atomic mass is 10.1. The zero-order valence-electron chi connectivity index (χ0n) is 10.8. The summed E-state index contributed by atoms with van der Waals surface area (Å²) in [7, 11) is 0. The Hall–Kier alpha value is -2.53. The number of rotatable bonds is 3. The normalized spacial score (nSPS) is 13.3. The van der Waals surface area contributed by atoms with Crippen molar-refractivity contribution in [3.63, 3.8) is 0 Å². The molecule has 0 aromatic heterocycles. The summed E-state index contributed by atoms with van der Waals surface area (Å²) < 4.78 is 10.5. The second kappa shape index (κ2) is 5.46. The Morgan fingerprint density at radius 1 is 1.24 bits per heavy atom. The van der Waals surface area contributed by atoms with Crippen LogP contribution in [0, 0.1) is 10.1 Å². The van der Waals surface area contributed by atoms with Crippen LogP contribution >= 0.6 is 11.6 Å². The van der Waals surface area contributed by atoms with Crippen LogP contribution in [0.4, 0.5) is 0 Å². The van der Waals surface area contributed by atoms with Crippen molar-refractivity contribution in [2.45, 2.75) is 0 Å². The van der Waals surface area contributed by atoms with Crippen LogP contribution in [-0.4, -0.2) is 11.7 Å². The standard InChI is InChI=1S/C15H10ClNO4/c16-12-6-10(8-14-15(12)21-9-20-14)7-13(17(18)19)11-4-2-1-3-5-11/h1-8H,9H2. The predicted molar refractivity (Wildman–Crippen MR) is 78.9 cm³/mol. The second-order valence-electron chi connectivity index (χ2n) is 4.39. The van der Waals surface area contributed by atoms with Gasteiger partial charge in [0.1, 0.15) is 0 Å². The second-order valence-corrected chi connectivity index (χ2v) is 4.80. The first-order valence-electron chi connectivity index (χ1n) is 6.16. The van der Waals surface area contributed by atoms with Crippen LogP contribution in [0.15, 0.2) is 42.5 Å². The lowest BCUT2D eigenvalue weighted by molar-refractivity contribution is -0.374. The molecule has 0 spiro atoms. The van der Waals surface area contributed by atoms with Crippen LogP contribution in [0.25, 0.3) is 11.8 Å². The van der Waals surface area contributed by atoms with Gasteiger partial charge in [-0.25, -0.2) is 0 Å². The molecule has 1 aliphatic heterocycles. The highest BCUT2D eigenvalue weighted by atomic mass is 35.5. The molecule has 0 fully saturated rings. The van der Waals surface area contributed by atoms with Gasteiger partial charge in [-0.2, -0.15) is 0 Å². The zero-order valence-corrected chi connectivity index (χ0v) is 11.5. The topological polar surface area (TPSA) is 61.6 Å². The molecule has 5 nitrogen and oxygen atoms in total. The molecule has 6 heteroatoms. The van der Waals surface area contributed by atoms with Gasteiger partial charge in [-0.15, -0.1) is 0 Å². The highest BCUT2D eigenvalue weighted by Crippen LogP contribution is 2.40. The molecule has 0 saturated heterocycles. The summed E-state index contributed by atoms with van der Waals surface area (Å²) in [6.45, 7) is 0.100. The number of fused-ring (bicyclic) bond motifs is 1. The Morgan fingerprint density at radius 3 is 2.71 bits per heavy atom. The summed E-state index contributed by atoms with van der Waals surface area (Å²) in [4.78, 5) is 10.8. The monoisotopic (exact) mass is 303 g/mol. The minimum absolute atomic E-state index is 0.00877. The molecule has 1 aliphatic rings. The van der Waals surface area contributed by atoms with Gasteiger partial charge in [0.25, 0.3) is 5.70 Å². The molecule has 0 aliphatic carbocycles. The average Bonchev–Trinajstić information content (AvgIpc) is 2.94. The van der Waals surface area contributed by atoms with E-state index >= 15 is 0 Å². The fraction of sp³-hybridized carbons (Fsp3) is 0.0667. The number of nitrogens with zero attached hydrogens (tertiary/aromatic N) is 1. The molecule has 0 unspecified atom stereocenters. The first-order chi connectivity index (χ1) is 10.1. The molecule has 3 rings (SSSR count). The summed E-state index contributed by atoms with van der Waals surface area (Å²) in [6, 6.07) is 12.0. The van der Waals surface area contributed by atoms with Crippen LogP contribution in [0.1, 0.15) is 11.1 Å². The molecule has 106 valence electrons. The van der Waals surface area contributed by atoms with Crippen molar-refractivity contribution in [3.05, 3.63) is 68.7 Å². The summed E-state index contributed by atoms with van der Waals surface area (Å²) in [5, 5.41) is 11.6. The molecule has 1 heterocycles. The highest BCUT2D eigenvalue weighted by molar-refractivity contribution is 6.32. The molecule has 2 aromatic carbocycles. The van der Waals surface area contributed by atoms with Crippen LogP contribution in [-0.2, 0) is 0 Å². The number of nitro groups is 1. The van der Waals surface area contributed by atoms with Crippen LogP contribution in [0.2, 0.25) is 5.02 Å². The molecule has 21 heavy (non-hydrogen) atoms. The Labute approximate surface area is 125 Å². The molecule has 2 aromatic rings. The van der Waals surface area contributed by atoms with Gasteiger partial charge in [0.05, 0.1) is 15.5 Å². The molecule has 0 bridgehead atoms. The summed E-state index contributed by atoms with van der Waals surface area (Å²) in [5.74, 6) is 0.959. The Kier molecular flexibility index (Phi) is 3.50. The Bertz CT molecular complexity index is 728. The minimum Gasteiger partial charge on any atom is -0.454 e. The van der Waals surface area contributed by atoms with Gasteiger partial charge in [-0.1, -0.05) is 29.8 Å². The van der Waals surface area contributed by atoms with E-state index in [0.717, 1.165) is 0 Å². The fourth-order valence-electron chi connectivity index (χ4n) is 2.08. The van der Waals surface area contributed by atoms with Crippen LogP contribution < -0.4 is 9.47 Å². The van der Waals surface area contributed by atoms with E-state index in [-0.39, 0.29) is 12.5 Å². The minimum atomic E-state index is -0.423. The van der Waals surface area contributed by atoms with Gasteiger partial charge < -0.3 is 9.47 Å². The van der Waals surface area contributed by atoms with Crippen molar-refractivity contribution in [1.82, 2.24) is 0 Å². The van der Waals surface area contributed by atoms with Crippen molar-refractivity contribution in [2.24, 2.45) is 0 Å². The van der Waals surface area contributed by atoms with Crippen LogP contribution in [0.5, 0.6) is 11.5 Å². The summed E-state index contributed by atoms with van der Waals surface area (Å²) >= 11 is 6.08. The maximum atomic E-state index is 11.3. The van der Waals surface area contributed by atoms with Crippen molar-refractivity contribution in [1.29, 1.82) is 0 Å². The number of benzene rings is 2. The van der Waals surface area contributed by atoms with E-state index < -0.39 is 4.92 Å². The number of ether oxygens (including phenoxy) is 2. The van der Waals surface area contributed by atoms with Gasteiger partial charge in [0.15, 0.2) is 11.5 Å². The first-order valence-corrected chi connectivity index (χ1v) is 6.53. The van der Waals surface area contributed by atoms with Crippen molar-refractivity contribution in [3.8, 4) is 11.5 Å². The summed E-state index contributed by atoms with van der Waals surface area (Å²) in [6.07, 6.45) is 1.46.